The molecule has 0 unspecified atom stereocenters. The minimum Gasteiger partial charge on any atom is -0.508 e. The molecule has 10 heteroatoms. The minimum atomic E-state index is -0.692. The van der Waals surface area contributed by atoms with E-state index in [1.165, 1.54) is 6.07 Å². The second-order valence-electron chi connectivity index (χ2n) is 21.4. The van der Waals surface area contributed by atoms with E-state index >= 15 is 0 Å². The largest absolute Gasteiger partial charge is 0.508 e. The molecule has 0 radical (unpaired) electrons. The highest BCUT2D eigenvalue weighted by molar-refractivity contribution is 6.16. The molecule has 1 saturated carbocycles. The summed E-state index contributed by atoms with van der Waals surface area (Å²) in [6.45, 7) is 22.2. The molecule has 0 aliphatic heterocycles. The van der Waals surface area contributed by atoms with Crippen LogP contribution in [0.25, 0.3) is 65.4 Å². The van der Waals surface area contributed by atoms with E-state index in [4.69, 9.17) is 22.4 Å². The number of hydrogen-bond acceptors (Lipinski definition) is 10. The monoisotopic (exact) mass is 864 g/mol. The van der Waals surface area contributed by atoms with Gasteiger partial charge in [0.15, 0.2) is 0 Å². The first kappa shape index (κ1) is 43.1. The van der Waals surface area contributed by atoms with Gasteiger partial charge in [0.25, 0.3) is 0 Å². The molecule has 1 aliphatic rings. The van der Waals surface area contributed by atoms with Crippen molar-refractivity contribution in [2.24, 2.45) is 0 Å². The van der Waals surface area contributed by atoms with Crippen LogP contribution in [0.15, 0.2) is 85.4 Å². The van der Waals surface area contributed by atoms with Crippen molar-refractivity contribution in [3.8, 4) is 11.5 Å². The van der Waals surface area contributed by atoms with Crippen LogP contribution in [0, 0.1) is 0 Å². The number of hydrogen-bond donors (Lipinski definition) is 1. The zero-order valence-corrected chi connectivity index (χ0v) is 38.9. The van der Waals surface area contributed by atoms with E-state index in [9.17, 15) is 24.3 Å². The van der Waals surface area contributed by atoms with Gasteiger partial charge < -0.3 is 27.5 Å². The van der Waals surface area contributed by atoms with E-state index in [-0.39, 0.29) is 38.8 Å². The number of rotatable bonds is 4. The van der Waals surface area contributed by atoms with Crippen molar-refractivity contribution in [1.82, 2.24) is 0 Å². The quantitative estimate of drug-likeness (QED) is 0.134. The predicted octanol–water partition coefficient (Wildman–Crippen LogP) is 12.4. The van der Waals surface area contributed by atoms with Crippen LogP contribution in [-0.2, 0) is 21.7 Å². The summed E-state index contributed by atoms with van der Waals surface area (Å²) in [5.41, 5.74) is 0.940. The van der Waals surface area contributed by atoms with Gasteiger partial charge in [-0.05, 0) is 82.5 Å². The van der Waals surface area contributed by atoms with Gasteiger partial charge in [0.2, 0.25) is 0 Å². The fourth-order valence-electron chi connectivity index (χ4n) is 10.3. The summed E-state index contributed by atoms with van der Waals surface area (Å²) in [6, 6.07) is 14.8. The maximum absolute atomic E-state index is 14.6. The van der Waals surface area contributed by atoms with Crippen molar-refractivity contribution in [2.75, 3.05) is 7.11 Å². The number of methoxy groups -OCH3 is 1. The van der Waals surface area contributed by atoms with Crippen molar-refractivity contribution in [3.05, 3.63) is 124 Å². The Labute approximate surface area is 369 Å². The van der Waals surface area contributed by atoms with Gasteiger partial charge in [-0.15, -0.1) is 0 Å². The molecule has 1 N–H and O–H groups in total. The highest BCUT2D eigenvalue weighted by Gasteiger charge is 2.40. The molecule has 0 amide bonds. The zero-order valence-electron chi connectivity index (χ0n) is 38.9. The second-order valence-corrected chi connectivity index (χ2v) is 21.4. The number of ether oxygens (including phenoxy) is 1. The molecule has 10 nitrogen and oxygen atoms in total. The van der Waals surface area contributed by atoms with Crippen molar-refractivity contribution < 1.29 is 27.5 Å². The molecular weight excluding hydrogens is 809 g/mol. The Bertz CT molecular complexity index is 3530. The summed E-state index contributed by atoms with van der Waals surface area (Å²) in [6.07, 6.45) is 4.27. The highest BCUT2D eigenvalue weighted by atomic mass is 16.5. The molecule has 4 aromatic carbocycles. The molecule has 332 valence electrons. The van der Waals surface area contributed by atoms with E-state index < -0.39 is 44.2 Å². The molecule has 9 rings (SSSR count). The molecule has 0 atom stereocenters. The lowest BCUT2D eigenvalue weighted by Crippen LogP contribution is -2.32. The van der Waals surface area contributed by atoms with Crippen LogP contribution in [0.2, 0.25) is 0 Å². The Hall–Kier alpha value is -6.16. The van der Waals surface area contributed by atoms with Gasteiger partial charge in [-0.2, -0.15) is 0 Å². The normalized spacial score (nSPS) is 15.1. The van der Waals surface area contributed by atoms with Gasteiger partial charge in [-0.25, -0.2) is 19.2 Å². The van der Waals surface area contributed by atoms with Crippen LogP contribution < -0.4 is 27.2 Å². The lowest BCUT2D eigenvalue weighted by Gasteiger charge is -2.40. The third-order valence-electron chi connectivity index (χ3n) is 13.6. The SMILES string of the molecule is COc1cc(C(C)(C)C)c2oc(=O)c3c4cc(C5(c6cc(C(C)(C)C)c7oc(=O)c8c9cc(O)cc(C(C)C)c9oc(=O)c8c7c6)CCCCC5)cc(C(C)(C)C)c4oc(=O)c3c2c1. The van der Waals surface area contributed by atoms with Crippen LogP contribution >= 0.6 is 0 Å². The molecule has 8 aromatic rings. The van der Waals surface area contributed by atoms with Gasteiger partial charge in [-0.3, -0.25) is 0 Å². The Balaban J connectivity index is 1.44. The topological polar surface area (TPSA) is 150 Å². The Morgan fingerprint density at radius 2 is 0.891 bits per heavy atom. The number of aromatic hydroxyl groups is 1. The minimum absolute atomic E-state index is 0.0543. The summed E-state index contributed by atoms with van der Waals surface area (Å²) in [7, 11) is 1.56. The Morgan fingerprint density at radius 1 is 0.516 bits per heavy atom. The van der Waals surface area contributed by atoms with Crippen LogP contribution in [0.4, 0.5) is 0 Å². The average Bonchev–Trinajstić information content (AvgIpc) is 3.21. The van der Waals surface area contributed by atoms with E-state index in [1.54, 1.807) is 19.2 Å². The van der Waals surface area contributed by atoms with E-state index in [1.807, 2.05) is 73.6 Å². The van der Waals surface area contributed by atoms with Gasteiger partial charge in [0, 0.05) is 49.2 Å². The summed E-state index contributed by atoms with van der Waals surface area (Å²) in [4.78, 5) is 57.6. The molecule has 4 heterocycles. The summed E-state index contributed by atoms with van der Waals surface area (Å²) in [5.74, 6) is 0.346. The third-order valence-corrected chi connectivity index (χ3v) is 13.6. The van der Waals surface area contributed by atoms with Gasteiger partial charge >= 0.3 is 22.5 Å². The van der Waals surface area contributed by atoms with E-state index in [2.05, 4.69) is 32.9 Å². The fraction of sp³-hybridized carbons (Fsp3) is 0.407. The van der Waals surface area contributed by atoms with Crippen LogP contribution in [0.5, 0.6) is 11.5 Å². The lowest BCUT2D eigenvalue weighted by molar-refractivity contribution is 0.345. The first-order valence-electron chi connectivity index (χ1n) is 22.3. The Morgan fingerprint density at radius 3 is 1.28 bits per heavy atom. The molecule has 0 bridgehead atoms. The van der Waals surface area contributed by atoms with Crippen LogP contribution in [-0.4, -0.2) is 12.2 Å². The van der Waals surface area contributed by atoms with Crippen molar-refractivity contribution in [2.45, 2.75) is 136 Å². The van der Waals surface area contributed by atoms with Crippen molar-refractivity contribution >= 4 is 65.4 Å². The maximum atomic E-state index is 14.6. The third kappa shape index (κ3) is 6.57. The summed E-state index contributed by atoms with van der Waals surface area (Å²) >= 11 is 0. The molecule has 4 aromatic heterocycles. The van der Waals surface area contributed by atoms with Crippen molar-refractivity contribution in [3.63, 3.8) is 0 Å². The maximum Gasteiger partial charge on any atom is 0.345 e. The van der Waals surface area contributed by atoms with E-state index in [0.29, 0.717) is 49.6 Å². The summed E-state index contributed by atoms with van der Waals surface area (Å²) < 4.78 is 30.7. The highest BCUT2D eigenvalue weighted by Crippen LogP contribution is 2.50. The van der Waals surface area contributed by atoms with E-state index in [0.717, 1.165) is 59.9 Å². The smallest absolute Gasteiger partial charge is 0.345 e. The molecule has 1 fully saturated rings. The lowest BCUT2D eigenvalue weighted by atomic mass is 9.63. The standard InChI is InChI=1S/C54H56O10/c1-26(2)31-22-29(55)23-34-41-39(47(56)61-43(31)34)32-18-27(20-36(51(3,4)5)44(32)62-49(41)58)54(16-14-13-15-17-54)28-19-33-40-42(50(59)63-45(33)37(21-28)52(6,7)8)35-24-30(60-12)25-38(53(9,10)11)46(35)64-48(40)57/h18-26,55H,13-17H2,1-12H3. The fourth-order valence-corrected chi connectivity index (χ4v) is 10.3. The second kappa shape index (κ2) is 14.4. The number of phenols is 1. The Kier molecular flexibility index (Phi) is 9.72. The molecule has 64 heavy (non-hydrogen) atoms. The first-order chi connectivity index (χ1) is 29.9. The van der Waals surface area contributed by atoms with Gasteiger partial charge in [0.05, 0.1) is 28.7 Å². The predicted molar refractivity (Wildman–Crippen MR) is 254 cm³/mol. The average molecular weight is 865 g/mol. The molecule has 0 saturated heterocycles. The van der Waals surface area contributed by atoms with Gasteiger partial charge in [-0.1, -0.05) is 108 Å². The molecule has 1 aliphatic carbocycles. The van der Waals surface area contributed by atoms with Gasteiger partial charge in [0.1, 0.15) is 33.8 Å². The first-order valence-corrected chi connectivity index (χ1v) is 22.3. The van der Waals surface area contributed by atoms with Crippen molar-refractivity contribution in [1.29, 1.82) is 0 Å². The number of benzene rings is 4. The summed E-state index contributed by atoms with van der Waals surface area (Å²) in [5, 5.41) is 12.9. The zero-order chi connectivity index (χ0) is 46.2. The molecule has 0 spiro atoms. The number of phenolic OH excluding ortho intramolecular Hbond substituents is 1. The van der Waals surface area contributed by atoms with Crippen LogP contribution in [0.3, 0.4) is 0 Å². The number of fused-ring (bicyclic) bond motifs is 10. The molecular formula is C54H56O10. The van der Waals surface area contributed by atoms with Crippen LogP contribution in [0.1, 0.15) is 148 Å².